The molecule has 0 aliphatic carbocycles. The van der Waals surface area contributed by atoms with Crippen molar-refractivity contribution < 1.29 is 14.3 Å². The summed E-state index contributed by atoms with van der Waals surface area (Å²) in [6.45, 7) is 2.01. The first-order valence-corrected chi connectivity index (χ1v) is 9.19. The number of hydrogen-bond donors (Lipinski definition) is 1. The summed E-state index contributed by atoms with van der Waals surface area (Å²) in [7, 11) is 3.14. The summed E-state index contributed by atoms with van der Waals surface area (Å²) in [5, 5.41) is 3.42. The number of amides is 2. The Morgan fingerprint density at radius 3 is 2.26 bits per heavy atom. The van der Waals surface area contributed by atoms with Crippen LogP contribution in [0.2, 0.25) is 10.0 Å². The standard InChI is InChI=1S/C20H22Cl2N2O3/c1-13(20(26)23-2)24(12-14-4-7-16(27-3)8-5-14)19(25)11-15-6-9-17(21)18(22)10-15/h4-10,13H,11-12H2,1-3H3,(H,23,26)/t13-/m1/s1. The van der Waals surface area contributed by atoms with Gasteiger partial charge in [-0.05, 0) is 42.3 Å². The predicted molar refractivity (Wildman–Crippen MR) is 107 cm³/mol. The van der Waals surface area contributed by atoms with Crippen molar-refractivity contribution in [2.45, 2.75) is 25.9 Å². The van der Waals surface area contributed by atoms with E-state index in [4.69, 9.17) is 27.9 Å². The average Bonchev–Trinajstić information content (AvgIpc) is 2.68. The lowest BCUT2D eigenvalue weighted by Crippen LogP contribution is -2.47. The van der Waals surface area contributed by atoms with Crippen LogP contribution in [0.4, 0.5) is 0 Å². The number of methoxy groups -OCH3 is 1. The first kappa shape index (κ1) is 21.1. The van der Waals surface area contributed by atoms with Crippen molar-refractivity contribution in [2.75, 3.05) is 14.2 Å². The molecule has 0 unspecified atom stereocenters. The van der Waals surface area contributed by atoms with Gasteiger partial charge >= 0.3 is 0 Å². The van der Waals surface area contributed by atoms with Gasteiger partial charge in [0.2, 0.25) is 11.8 Å². The van der Waals surface area contributed by atoms with E-state index < -0.39 is 6.04 Å². The van der Waals surface area contributed by atoms with E-state index in [-0.39, 0.29) is 18.2 Å². The molecule has 27 heavy (non-hydrogen) atoms. The first-order chi connectivity index (χ1) is 12.8. The summed E-state index contributed by atoms with van der Waals surface area (Å²) in [5.74, 6) is 0.318. The molecule has 0 aliphatic heterocycles. The Hall–Kier alpha value is -2.24. The van der Waals surface area contributed by atoms with Gasteiger partial charge in [0.1, 0.15) is 11.8 Å². The number of likely N-dealkylation sites (N-methyl/N-ethyl adjacent to an activating group) is 1. The topological polar surface area (TPSA) is 58.6 Å². The average molecular weight is 409 g/mol. The van der Waals surface area contributed by atoms with E-state index in [1.54, 1.807) is 44.2 Å². The van der Waals surface area contributed by atoms with E-state index >= 15 is 0 Å². The van der Waals surface area contributed by atoms with Gasteiger partial charge in [0.05, 0.1) is 23.6 Å². The van der Waals surface area contributed by atoms with E-state index in [1.807, 2.05) is 24.3 Å². The molecule has 1 atom stereocenters. The highest BCUT2D eigenvalue weighted by Crippen LogP contribution is 2.23. The maximum atomic E-state index is 12.9. The fourth-order valence-corrected chi connectivity index (χ4v) is 2.97. The Balaban J connectivity index is 2.22. The maximum absolute atomic E-state index is 12.9. The molecular weight excluding hydrogens is 387 g/mol. The van der Waals surface area contributed by atoms with Crippen LogP contribution < -0.4 is 10.1 Å². The minimum Gasteiger partial charge on any atom is -0.497 e. The minimum atomic E-state index is -0.618. The van der Waals surface area contributed by atoms with Crippen molar-refractivity contribution in [3.05, 3.63) is 63.6 Å². The second-order valence-electron chi connectivity index (χ2n) is 6.09. The summed E-state index contributed by atoms with van der Waals surface area (Å²) in [4.78, 5) is 26.6. The van der Waals surface area contributed by atoms with Gasteiger partial charge in [0, 0.05) is 13.6 Å². The van der Waals surface area contributed by atoms with Crippen molar-refractivity contribution in [3.8, 4) is 5.75 Å². The summed E-state index contributed by atoms with van der Waals surface area (Å²) in [6.07, 6.45) is 0.119. The number of benzene rings is 2. The SMILES string of the molecule is CNC(=O)[C@@H](C)N(Cc1ccc(OC)cc1)C(=O)Cc1ccc(Cl)c(Cl)c1. The van der Waals surface area contributed by atoms with Crippen LogP contribution in [0, 0.1) is 0 Å². The van der Waals surface area contributed by atoms with E-state index in [9.17, 15) is 9.59 Å². The lowest BCUT2D eigenvalue weighted by molar-refractivity contribution is -0.139. The van der Waals surface area contributed by atoms with Crippen molar-refractivity contribution >= 4 is 35.0 Å². The van der Waals surface area contributed by atoms with Gasteiger partial charge in [-0.2, -0.15) is 0 Å². The first-order valence-electron chi connectivity index (χ1n) is 8.43. The van der Waals surface area contributed by atoms with Gasteiger partial charge < -0.3 is 15.0 Å². The Morgan fingerprint density at radius 2 is 1.70 bits per heavy atom. The molecule has 2 amide bonds. The molecule has 1 N–H and O–H groups in total. The Labute approximate surface area is 169 Å². The quantitative estimate of drug-likeness (QED) is 0.759. The third kappa shape index (κ3) is 5.62. The molecule has 0 aromatic heterocycles. The van der Waals surface area contributed by atoms with Crippen LogP contribution in [0.1, 0.15) is 18.1 Å². The largest absolute Gasteiger partial charge is 0.497 e. The molecule has 2 aromatic carbocycles. The third-order valence-corrected chi connectivity index (χ3v) is 5.00. The maximum Gasteiger partial charge on any atom is 0.242 e. The fourth-order valence-electron chi connectivity index (χ4n) is 2.64. The van der Waals surface area contributed by atoms with Crippen LogP contribution in [0.5, 0.6) is 5.75 Å². The molecule has 5 nitrogen and oxygen atoms in total. The minimum absolute atomic E-state index is 0.119. The molecule has 0 heterocycles. The monoisotopic (exact) mass is 408 g/mol. The highest BCUT2D eigenvalue weighted by Gasteiger charge is 2.25. The number of halogens is 2. The Morgan fingerprint density at radius 1 is 1.07 bits per heavy atom. The van der Waals surface area contributed by atoms with Crippen LogP contribution in [-0.4, -0.2) is 36.9 Å². The number of rotatable bonds is 7. The van der Waals surface area contributed by atoms with Gasteiger partial charge in [0.25, 0.3) is 0 Å². The summed E-state index contributed by atoms with van der Waals surface area (Å²) in [5.41, 5.74) is 1.63. The fraction of sp³-hybridized carbons (Fsp3) is 0.300. The molecule has 0 radical (unpaired) electrons. The van der Waals surface area contributed by atoms with Crippen LogP contribution in [0.15, 0.2) is 42.5 Å². The Kier molecular flexibility index (Phi) is 7.51. The van der Waals surface area contributed by atoms with Crippen molar-refractivity contribution in [2.24, 2.45) is 0 Å². The number of nitrogens with one attached hydrogen (secondary N) is 1. The zero-order valence-corrected chi connectivity index (χ0v) is 17.0. The highest BCUT2D eigenvalue weighted by molar-refractivity contribution is 6.42. The van der Waals surface area contributed by atoms with Gasteiger partial charge in [-0.25, -0.2) is 0 Å². The zero-order valence-electron chi connectivity index (χ0n) is 15.5. The molecule has 0 fully saturated rings. The van der Waals surface area contributed by atoms with E-state index in [0.29, 0.717) is 16.6 Å². The van der Waals surface area contributed by atoms with Crippen molar-refractivity contribution in [1.82, 2.24) is 10.2 Å². The molecule has 144 valence electrons. The number of nitrogens with zero attached hydrogens (tertiary/aromatic N) is 1. The summed E-state index contributed by atoms with van der Waals surface area (Å²) < 4.78 is 5.16. The van der Waals surface area contributed by atoms with Crippen LogP contribution in [0.3, 0.4) is 0 Å². The normalized spacial score (nSPS) is 11.6. The molecule has 0 aliphatic rings. The van der Waals surface area contributed by atoms with Crippen molar-refractivity contribution in [1.29, 1.82) is 0 Å². The number of ether oxygens (including phenoxy) is 1. The predicted octanol–water partition coefficient (Wildman–Crippen LogP) is 3.71. The molecule has 0 saturated heterocycles. The van der Waals surface area contributed by atoms with Crippen LogP contribution in [0.25, 0.3) is 0 Å². The van der Waals surface area contributed by atoms with E-state index in [0.717, 1.165) is 16.9 Å². The molecule has 7 heteroatoms. The van der Waals surface area contributed by atoms with Gasteiger partial charge in [-0.3, -0.25) is 9.59 Å². The number of carbonyl (C=O) groups excluding carboxylic acids is 2. The molecule has 2 rings (SSSR count). The molecule has 0 saturated carbocycles. The van der Waals surface area contributed by atoms with E-state index in [2.05, 4.69) is 5.32 Å². The van der Waals surface area contributed by atoms with Gasteiger partial charge in [-0.1, -0.05) is 41.4 Å². The third-order valence-electron chi connectivity index (χ3n) is 4.27. The summed E-state index contributed by atoms with van der Waals surface area (Å²) in [6, 6.07) is 11.8. The van der Waals surface area contributed by atoms with Crippen molar-refractivity contribution in [3.63, 3.8) is 0 Å². The lowest BCUT2D eigenvalue weighted by Gasteiger charge is -2.28. The second-order valence-corrected chi connectivity index (χ2v) is 6.90. The Bertz CT molecular complexity index is 809. The van der Waals surface area contributed by atoms with Crippen LogP contribution in [-0.2, 0) is 22.6 Å². The second kappa shape index (κ2) is 9.62. The lowest BCUT2D eigenvalue weighted by atomic mass is 10.1. The van der Waals surface area contributed by atoms with E-state index in [1.165, 1.54) is 0 Å². The molecular formula is C20H22Cl2N2O3. The molecule has 2 aromatic rings. The highest BCUT2D eigenvalue weighted by atomic mass is 35.5. The number of carbonyl (C=O) groups is 2. The smallest absolute Gasteiger partial charge is 0.242 e. The van der Waals surface area contributed by atoms with Gasteiger partial charge in [-0.15, -0.1) is 0 Å². The van der Waals surface area contributed by atoms with Gasteiger partial charge in [0.15, 0.2) is 0 Å². The number of hydrogen-bond acceptors (Lipinski definition) is 3. The van der Waals surface area contributed by atoms with Crippen LogP contribution >= 0.6 is 23.2 Å². The molecule has 0 bridgehead atoms. The summed E-state index contributed by atoms with van der Waals surface area (Å²) >= 11 is 12.0. The zero-order chi connectivity index (χ0) is 20.0. The molecule has 0 spiro atoms.